The third-order valence-electron chi connectivity index (χ3n) is 5.04. The highest BCUT2D eigenvalue weighted by Crippen LogP contribution is 2.21. The van der Waals surface area contributed by atoms with Crippen LogP contribution in [0.15, 0.2) is 78.9 Å². The summed E-state index contributed by atoms with van der Waals surface area (Å²) in [5.74, 6) is -2.80. The summed E-state index contributed by atoms with van der Waals surface area (Å²) in [6.45, 7) is 0. The first-order valence-electron chi connectivity index (χ1n) is 10.0. The van der Waals surface area contributed by atoms with Crippen molar-refractivity contribution in [3.63, 3.8) is 0 Å². The zero-order chi connectivity index (χ0) is 23.1. The van der Waals surface area contributed by atoms with E-state index in [0.717, 1.165) is 16.7 Å². The molecule has 0 radical (unpaired) electrons. The lowest BCUT2D eigenvalue weighted by Gasteiger charge is -2.21. The van der Waals surface area contributed by atoms with Crippen LogP contribution >= 0.6 is 0 Å². The Balaban J connectivity index is 1.71. The predicted molar refractivity (Wildman–Crippen MR) is 118 cm³/mol. The van der Waals surface area contributed by atoms with E-state index in [1.54, 1.807) is 60.7 Å². The van der Waals surface area contributed by atoms with Gasteiger partial charge in [0.2, 0.25) is 0 Å². The van der Waals surface area contributed by atoms with Gasteiger partial charge in [-0.2, -0.15) is 0 Å². The minimum Gasteiger partial charge on any atom is -0.481 e. The van der Waals surface area contributed by atoms with Crippen LogP contribution in [0.1, 0.15) is 21.5 Å². The Hall–Kier alpha value is -3.97. The Morgan fingerprint density at radius 2 is 1.31 bits per heavy atom. The topological polar surface area (TPSA) is 124 Å². The second kappa shape index (κ2) is 10.4. The average Bonchev–Trinajstić information content (AvgIpc) is 2.79. The molecule has 164 valence electrons. The Labute approximate surface area is 185 Å². The normalized spacial score (nSPS) is 12.5. The molecule has 0 bridgehead atoms. The van der Waals surface area contributed by atoms with E-state index in [-0.39, 0.29) is 12.8 Å². The molecule has 3 rings (SSSR count). The number of carbonyl (C=O) groups excluding carboxylic acids is 1. The Morgan fingerprint density at radius 3 is 1.84 bits per heavy atom. The molecule has 7 nitrogen and oxygen atoms in total. The number of aliphatic hydroxyl groups is 1. The van der Waals surface area contributed by atoms with E-state index in [4.69, 9.17) is 5.11 Å². The number of amides is 1. The van der Waals surface area contributed by atoms with Gasteiger partial charge in [0.25, 0.3) is 5.91 Å². The fourth-order valence-electron chi connectivity index (χ4n) is 3.34. The molecule has 0 saturated heterocycles. The number of hydrogen-bond donors (Lipinski definition) is 4. The summed E-state index contributed by atoms with van der Waals surface area (Å²) in [5, 5.41) is 30.8. The lowest BCUT2D eigenvalue weighted by Crippen LogP contribution is -2.48. The molecule has 0 aliphatic carbocycles. The molecule has 7 heteroatoms. The molecule has 2 atom stereocenters. The largest absolute Gasteiger partial charge is 0.481 e. The highest BCUT2D eigenvalue weighted by Gasteiger charge is 2.27. The first-order chi connectivity index (χ1) is 15.3. The van der Waals surface area contributed by atoms with E-state index in [1.807, 2.05) is 18.2 Å². The third-order valence-corrected chi connectivity index (χ3v) is 5.04. The molecular formula is C25H23NO6. The van der Waals surface area contributed by atoms with Crippen LogP contribution in [-0.4, -0.2) is 45.3 Å². The smallest absolute Gasteiger partial charge is 0.334 e. The molecule has 0 aromatic heterocycles. The minimum atomic E-state index is -1.75. The van der Waals surface area contributed by atoms with Gasteiger partial charge >= 0.3 is 11.9 Å². The highest BCUT2D eigenvalue weighted by molar-refractivity contribution is 5.95. The van der Waals surface area contributed by atoms with Crippen molar-refractivity contribution < 1.29 is 29.7 Å². The maximum Gasteiger partial charge on any atom is 0.334 e. The molecule has 0 saturated carbocycles. The molecule has 0 fully saturated rings. The summed E-state index contributed by atoms with van der Waals surface area (Å²) >= 11 is 0. The average molecular weight is 433 g/mol. The van der Waals surface area contributed by atoms with Crippen LogP contribution in [0.3, 0.4) is 0 Å². The van der Waals surface area contributed by atoms with Gasteiger partial charge in [-0.25, -0.2) is 4.79 Å². The van der Waals surface area contributed by atoms with Gasteiger partial charge in [0.05, 0.1) is 12.5 Å². The zero-order valence-electron chi connectivity index (χ0n) is 17.1. The van der Waals surface area contributed by atoms with Crippen molar-refractivity contribution in [2.24, 2.45) is 0 Å². The lowest BCUT2D eigenvalue weighted by atomic mass is 9.99. The Bertz CT molecular complexity index is 1080. The summed E-state index contributed by atoms with van der Waals surface area (Å²) in [5.41, 5.74) is 3.52. The Kier molecular flexibility index (Phi) is 7.36. The number of rotatable bonds is 9. The fraction of sp³-hybridized carbons (Fsp3) is 0.160. The Morgan fingerprint density at radius 1 is 0.750 bits per heavy atom. The molecule has 0 unspecified atom stereocenters. The van der Waals surface area contributed by atoms with Crippen LogP contribution in [-0.2, 0) is 22.4 Å². The predicted octanol–water partition coefficient (Wildman–Crippen LogP) is 2.77. The highest BCUT2D eigenvalue weighted by atomic mass is 16.4. The van der Waals surface area contributed by atoms with Crippen molar-refractivity contribution in [2.45, 2.75) is 25.0 Å². The van der Waals surface area contributed by atoms with Gasteiger partial charge in [-0.05, 0) is 40.8 Å². The standard InChI is InChI=1S/C25H23NO6/c27-22(28)15-17-6-8-18(9-7-17)19-10-12-20(13-11-19)24(30)26-21(23(29)25(31)32)14-16-4-2-1-3-5-16/h1-13,21,23,29H,14-15H2,(H,26,30)(H,27,28)(H,31,32)/t21-,23-/m1/s1. The molecule has 0 aliphatic rings. The molecule has 0 aliphatic heterocycles. The maximum absolute atomic E-state index is 12.7. The molecule has 0 heterocycles. The van der Waals surface area contributed by atoms with E-state index in [0.29, 0.717) is 11.1 Å². The number of aliphatic hydroxyl groups excluding tert-OH is 1. The molecule has 3 aromatic carbocycles. The van der Waals surface area contributed by atoms with Crippen molar-refractivity contribution in [1.29, 1.82) is 0 Å². The van der Waals surface area contributed by atoms with Crippen molar-refractivity contribution in [3.8, 4) is 11.1 Å². The summed E-state index contributed by atoms with van der Waals surface area (Å²) in [4.78, 5) is 34.8. The van der Waals surface area contributed by atoms with Gasteiger partial charge in [-0.3, -0.25) is 9.59 Å². The summed E-state index contributed by atoms with van der Waals surface area (Å²) in [6.07, 6.45) is -1.63. The maximum atomic E-state index is 12.7. The first-order valence-corrected chi connectivity index (χ1v) is 10.0. The number of nitrogens with one attached hydrogen (secondary N) is 1. The summed E-state index contributed by atoms with van der Waals surface area (Å²) in [7, 11) is 0. The van der Waals surface area contributed by atoms with Crippen molar-refractivity contribution in [1.82, 2.24) is 5.32 Å². The summed E-state index contributed by atoms with van der Waals surface area (Å²) < 4.78 is 0. The number of carbonyl (C=O) groups is 3. The summed E-state index contributed by atoms with van der Waals surface area (Å²) in [6, 6.07) is 21.9. The van der Waals surface area contributed by atoms with Gasteiger partial charge in [0, 0.05) is 5.56 Å². The van der Waals surface area contributed by atoms with Gasteiger partial charge in [-0.1, -0.05) is 66.7 Å². The number of carboxylic acid groups (broad SMARTS) is 2. The van der Waals surface area contributed by atoms with Gasteiger partial charge in [0.1, 0.15) is 0 Å². The van der Waals surface area contributed by atoms with E-state index >= 15 is 0 Å². The van der Waals surface area contributed by atoms with Crippen molar-refractivity contribution >= 4 is 17.8 Å². The molecule has 0 spiro atoms. The fourth-order valence-corrected chi connectivity index (χ4v) is 3.34. The molecule has 32 heavy (non-hydrogen) atoms. The minimum absolute atomic E-state index is 0.0499. The molecular weight excluding hydrogens is 410 g/mol. The van der Waals surface area contributed by atoms with Crippen molar-refractivity contribution in [2.75, 3.05) is 0 Å². The van der Waals surface area contributed by atoms with Crippen LogP contribution in [0.4, 0.5) is 0 Å². The van der Waals surface area contributed by atoms with E-state index < -0.39 is 30.0 Å². The number of carboxylic acids is 2. The van der Waals surface area contributed by atoms with Gasteiger partial charge in [0.15, 0.2) is 6.10 Å². The van der Waals surface area contributed by atoms with Crippen LogP contribution < -0.4 is 5.32 Å². The monoisotopic (exact) mass is 433 g/mol. The van der Waals surface area contributed by atoms with Gasteiger partial charge < -0.3 is 20.6 Å². The van der Waals surface area contributed by atoms with Crippen LogP contribution in [0, 0.1) is 0 Å². The third kappa shape index (κ3) is 6.02. The SMILES string of the molecule is O=C(O)Cc1ccc(-c2ccc(C(=O)N[C@H](Cc3ccccc3)[C@@H](O)C(=O)O)cc2)cc1. The van der Waals surface area contributed by atoms with Crippen molar-refractivity contribution in [3.05, 3.63) is 95.6 Å². The van der Waals surface area contributed by atoms with Crippen LogP contribution in [0.2, 0.25) is 0 Å². The van der Waals surface area contributed by atoms with E-state index in [1.165, 1.54) is 0 Å². The second-order valence-corrected chi connectivity index (χ2v) is 7.40. The number of benzene rings is 3. The van der Waals surface area contributed by atoms with E-state index in [2.05, 4.69) is 5.32 Å². The molecule has 1 amide bonds. The van der Waals surface area contributed by atoms with Gasteiger partial charge in [-0.15, -0.1) is 0 Å². The lowest BCUT2D eigenvalue weighted by molar-refractivity contribution is -0.148. The van der Waals surface area contributed by atoms with E-state index in [9.17, 15) is 24.6 Å². The molecule has 4 N–H and O–H groups in total. The second-order valence-electron chi connectivity index (χ2n) is 7.40. The number of aliphatic carboxylic acids is 2. The molecule has 3 aromatic rings. The van der Waals surface area contributed by atoms with Crippen LogP contribution in [0.25, 0.3) is 11.1 Å². The zero-order valence-corrected chi connectivity index (χ0v) is 17.1. The first kappa shape index (κ1) is 22.7. The quantitative estimate of drug-likeness (QED) is 0.411. The van der Waals surface area contributed by atoms with Crippen LogP contribution in [0.5, 0.6) is 0 Å². The number of hydrogen-bond acceptors (Lipinski definition) is 4.